The van der Waals surface area contributed by atoms with Crippen molar-refractivity contribution in [3.05, 3.63) is 89.4 Å². The molecule has 0 radical (unpaired) electrons. The normalized spacial score (nSPS) is 12.7. The molecular weight excluding hydrogens is 538 g/mol. The molecule has 0 aliphatic carbocycles. The number of carbonyl (C=O) groups is 2. The van der Waals surface area contributed by atoms with Crippen LogP contribution in [0.5, 0.6) is 5.75 Å². The van der Waals surface area contributed by atoms with Crippen LogP contribution in [0.15, 0.2) is 83.8 Å². The Kier molecular flexibility index (Phi) is 10.4. The molecule has 8 nitrogen and oxygen atoms in total. The summed E-state index contributed by atoms with van der Waals surface area (Å²) in [5.74, 6) is -0.664. The van der Waals surface area contributed by atoms with E-state index in [0.29, 0.717) is 0 Å². The van der Waals surface area contributed by atoms with Crippen LogP contribution in [0.25, 0.3) is 0 Å². The molecule has 2 amide bonds. The lowest BCUT2D eigenvalue weighted by molar-refractivity contribution is -0.139. The number of ether oxygens (including phenoxy) is 1. The highest BCUT2D eigenvalue weighted by Crippen LogP contribution is 2.35. The fraction of sp³-hybridized carbons (Fsp3) is 0.310. The van der Waals surface area contributed by atoms with Crippen molar-refractivity contribution in [2.24, 2.45) is 0 Å². The minimum atomic E-state index is -4.23. The van der Waals surface area contributed by atoms with Crippen LogP contribution >= 0.6 is 11.6 Å². The third-order valence-corrected chi connectivity index (χ3v) is 8.39. The van der Waals surface area contributed by atoms with E-state index in [9.17, 15) is 18.0 Å². The summed E-state index contributed by atoms with van der Waals surface area (Å²) in [5, 5.41) is 3.19. The number of hydrogen-bond acceptors (Lipinski definition) is 5. The van der Waals surface area contributed by atoms with Crippen molar-refractivity contribution in [2.75, 3.05) is 18.0 Å². The Balaban J connectivity index is 2.07. The second-order valence-electron chi connectivity index (χ2n) is 9.14. The fourth-order valence-electron chi connectivity index (χ4n) is 3.92. The number of carbonyl (C=O) groups excluding carboxylic acids is 2. The van der Waals surface area contributed by atoms with Crippen LogP contribution in [0.2, 0.25) is 5.02 Å². The summed E-state index contributed by atoms with van der Waals surface area (Å²) in [6, 6.07) is 20.6. The van der Waals surface area contributed by atoms with Gasteiger partial charge in [0.2, 0.25) is 11.8 Å². The second kappa shape index (κ2) is 13.5. The average Bonchev–Trinajstić information content (AvgIpc) is 2.94. The van der Waals surface area contributed by atoms with Gasteiger partial charge in [-0.25, -0.2) is 8.42 Å². The van der Waals surface area contributed by atoms with Crippen LogP contribution in [0.4, 0.5) is 5.69 Å². The zero-order valence-electron chi connectivity index (χ0n) is 22.5. The van der Waals surface area contributed by atoms with Gasteiger partial charge in [-0.1, -0.05) is 67.1 Å². The van der Waals surface area contributed by atoms with Gasteiger partial charge in [0.05, 0.1) is 17.7 Å². The monoisotopic (exact) mass is 571 g/mol. The Hall–Kier alpha value is -3.56. The summed E-state index contributed by atoms with van der Waals surface area (Å²) in [5.41, 5.74) is 0.908. The topological polar surface area (TPSA) is 96.0 Å². The van der Waals surface area contributed by atoms with Gasteiger partial charge in [0.25, 0.3) is 10.0 Å². The zero-order valence-corrected chi connectivity index (χ0v) is 24.1. The largest absolute Gasteiger partial charge is 0.495 e. The number of nitrogens with one attached hydrogen (secondary N) is 1. The average molecular weight is 572 g/mol. The SMILES string of the molecule is CC[C@@H](C)NC(=O)[C@@H](C)N(Cc1ccccc1)C(=O)CN(c1cc(Cl)ccc1OC)S(=O)(=O)c1ccccc1. The number of hydrogen-bond donors (Lipinski definition) is 1. The van der Waals surface area contributed by atoms with E-state index in [4.69, 9.17) is 16.3 Å². The molecule has 10 heteroatoms. The van der Waals surface area contributed by atoms with Gasteiger partial charge in [-0.2, -0.15) is 0 Å². The van der Waals surface area contributed by atoms with Crippen LogP contribution in [0.1, 0.15) is 32.8 Å². The van der Waals surface area contributed by atoms with Crippen LogP contribution < -0.4 is 14.4 Å². The zero-order chi connectivity index (χ0) is 28.6. The predicted octanol–water partition coefficient (Wildman–Crippen LogP) is 4.88. The van der Waals surface area contributed by atoms with Crippen molar-refractivity contribution in [2.45, 2.75) is 50.7 Å². The molecule has 0 spiro atoms. The molecule has 0 saturated carbocycles. The van der Waals surface area contributed by atoms with Crippen molar-refractivity contribution in [3.8, 4) is 5.75 Å². The Labute approximate surface area is 235 Å². The maximum absolute atomic E-state index is 14.0. The summed E-state index contributed by atoms with van der Waals surface area (Å²) in [4.78, 5) is 28.4. The first kappa shape index (κ1) is 30.0. The minimum Gasteiger partial charge on any atom is -0.495 e. The van der Waals surface area contributed by atoms with E-state index in [1.54, 1.807) is 37.3 Å². The number of methoxy groups -OCH3 is 1. The Morgan fingerprint density at radius 1 is 0.974 bits per heavy atom. The highest BCUT2D eigenvalue weighted by atomic mass is 35.5. The molecule has 0 aromatic heterocycles. The highest BCUT2D eigenvalue weighted by Gasteiger charge is 2.34. The number of halogens is 1. The van der Waals surface area contributed by atoms with Gasteiger partial charge >= 0.3 is 0 Å². The molecule has 208 valence electrons. The summed E-state index contributed by atoms with van der Waals surface area (Å²) in [7, 11) is -2.82. The molecule has 0 fully saturated rings. The minimum absolute atomic E-state index is 0.00278. The predicted molar refractivity (Wildman–Crippen MR) is 153 cm³/mol. The Bertz CT molecular complexity index is 1370. The van der Waals surface area contributed by atoms with Crippen molar-refractivity contribution < 1.29 is 22.7 Å². The van der Waals surface area contributed by atoms with Crippen molar-refractivity contribution in [3.63, 3.8) is 0 Å². The number of benzene rings is 3. The summed E-state index contributed by atoms with van der Waals surface area (Å²) >= 11 is 6.25. The lowest BCUT2D eigenvalue weighted by Crippen LogP contribution is -2.52. The Morgan fingerprint density at radius 2 is 1.59 bits per heavy atom. The van der Waals surface area contributed by atoms with Crippen LogP contribution in [0, 0.1) is 0 Å². The first-order chi connectivity index (χ1) is 18.6. The molecule has 1 N–H and O–H groups in total. The third kappa shape index (κ3) is 7.52. The standard InChI is InChI=1S/C29H34ClN3O5S/c1-5-21(2)31-29(35)22(3)32(19-23-12-8-6-9-13-23)28(34)20-33(26-18-24(30)16-17-27(26)38-4)39(36,37)25-14-10-7-11-15-25/h6-18,21-22H,5,19-20H2,1-4H3,(H,31,35)/t21-,22-/m1/s1. The first-order valence-electron chi connectivity index (χ1n) is 12.6. The molecule has 3 aromatic rings. The van der Waals surface area contributed by atoms with Gasteiger partial charge in [-0.3, -0.25) is 13.9 Å². The molecular formula is C29H34ClN3O5S. The number of amides is 2. The van der Waals surface area contributed by atoms with Gasteiger partial charge < -0.3 is 15.0 Å². The maximum atomic E-state index is 14.0. The van der Waals surface area contributed by atoms with E-state index in [2.05, 4.69) is 5.32 Å². The molecule has 3 rings (SSSR count). The summed E-state index contributed by atoms with van der Waals surface area (Å²) < 4.78 is 34.2. The van der Waals surface area contributed by atoms with Gasteiger partial charge in [0.15, 0.2) is 0 Å². The third-order valence-electron chi connectivity index (χ3n) is 6.38. The molecule has 0 heterocycles. The van der Waals surface area contributed by atoms with Crippen LogP contribution in [0.3, 0.4) is 0 Å². The summed E-state index contributed by atoms with van der Waals surface area (Å²) in [6.45, 7) is 5.00. The van der Waals surface area contributed by atoms with Crippen LogP contribution in [-0.4, -0.2) is 50.9 Å². The number of sulfonamides is 1. The molecule has 0 unspecified atom stereocenters. The Morgan fingerprint density at radius 3 is 2.18 bits per heavy atom. The van der Waals surface area contributed by atoms with Crippen LogP contribution in [-0.2, 0) is 26.2 Å². The van der Waals surface area contributed by atoms with Gasteiger partial charge in [0.1, 0.15) is 18.3 Å². The molecule has 0 saturated heterocycles. The van der Waals surface area contributed by atoms with E-state index in [1.807, 2.05) is 44.2 Å². The molecule has 2 atom stereocenters. The van der Waals surface area contributed by atoms with Crippen molar-refractivity contribution in [1.29, 1.82) is 0 Å². The summed E-state index contributed by atoms with van der Waals surface area (Å²) in [6.07, 6.45) is 0.725. The lowest BCUT2D eigenvalue weighted by atomic mass is 10.1. The number of rotatable bonds is 12. The van der Waals surface area contributed by atoms with E-state index >= 15 is 0 Å². The fourth-order valence-corrected chi connectivity index (χ4v) is 5.52. The molecule has 39 heavy (non-hydrogen) atoms. The van der Waals surface area contributed by atoms with E-state index in [1.165, 1.54) is 30.2 Å². The van der Waals surface area contributed by atoms with Crippen molar-refractivity contribution >= 4 is 39.1 Å². The second-order valence-corrected chi connectivity index (χ2v) is 11.4. The van der Waals surface area contributed by atoms with E-state index in [0.717, 1.165) is 16.3 Å². The number of nitrogens with zero attached hydrogens (tertiary/aromatic N) is 2. The van der Waals surface area contributed by atoms with Gasteiger partial charge in [0, 0.05) is 17.6 Å². The molecule has 0 aliphatic rings. The smallest absolute Gasteiger partial charge is 0.264 e. The van der Waals surface area contributed by atoms with E-state index in [-0.39, 0.29) is 39.8 Å². The van der Waals surface area contributed by atoms with Gasteiger partial charge in [-0.15, -0.1) is 0 Å². The number of anilines is 1. The molecule has 0 aliphatic heterocycles. The van der Waals surface area contributed by atoms with Crippen molar-refractivity contribution in [1.82, 2.24) is 10.2 Å². The lowest BCUT2D eigenvalue weighted by Gasteiger charge is -2.32. The van der Waals surface area contributed by atoms with Gasteiger partial charge in [-0.05, 0) is 56.2 Å². The first-order valence-corrected chi connectivity index (χ1v) is 14.4. The van der Waals surface area contributed by atoms with E-state index < -0.39 is 28.5 Å². The maximum Gasteiger partial charge on any atom is 0.264 e. The highest BCUT2D eigenvalue weighted by molar-refractivity contribution is 7.92. The molecule has 0 bridgehead atoms. The quantitative estimate of drug-likeness (QED) is 0.334. The molecule has 3 aromatic carbocycles.